The van der Waals surface area contributed by atoms with Gasteiger partial charge < -0.3 is 5.32 Å². The molecule has 1 N–H and O–H groups in total. The van der Waals surface area contributed by atoms with E-state index in [1.165, 1.54) is 4.90 Å². The van der Waals surface area contributed by atoms with E-state index in [9.17, 15) is 9.59 Å². The van der Waals surface area contributed by atoms with Gasteiger partial charge in [-0.25, -0.2) is 0 Å². The van der Waals surface area contributed by atoms with Gasteiger partial charge in [-0.3, -0.25) is 14.5 Å². The summed E-state index contributed by atoms with van der Waals surface area (Å²) in [6, 6.07) is 14.7. The number of halogens is 2. The summed E-state index contributed by atoms with van der Waals surface area (Å²) >= 11 is 10.4. The number of benzene rings is 2. The number of imide groups is 1. The van der Waals surface area contributed by atoms with E-state index in [1.807, 2.05) is 36.4 Å². The number of thioether (sulfide) groups is 1. The van der Waals surface area contributed by atoms with Crippen molar-refractivity contribution < 1.29 is 9.59 Å². The van der Waals surface area contributed by atoms with Crippen LogP contribution in [0.25, 0.3) is 6.08 Å². The number of hydrogen-bond acceptors (Lipinski definition) is 4. The number of carbonyl (C=O) groups is 2. The topological polar surface area (TPSA) is 49.4 Å². The standard InChI is InChI=1S/C17H12BrClN2O2S/c18-12-5-7-13(8-6-12)20-10-21-16(22)15(24-17(21)23)9-11-3-1-2-4-14(11)19/h1-9,20H,10H2/b15-9+. The third-order valence-electron chi connectivity index (χ3n) is 3.35. The number of anilines is 1. The lowest BCUT2D eigenvalue weighted by atomic mass is 10.2. The Hall–Kier alpha value is -1.76. The molecule has 2 amide bonds. The summed E-state index contributed by atoms with van der Waals surface area (Å²) in [5, 5.41) is 3.30. The Morgan fingerprint density at radius 2 is 1.83 bits per heavy atom. The summed E-state index contributed by atoms with van der Waals surface area (Å²) in [6.45, 7) is 0.117. The first-order valence-electron chi connectivity index (χ1n) is 7.04. The lowest BCUT2D eigenvalue weighted by Gasteiger charge is -2.14. The van der Waals surface area contributed by atoms with Gasteiger partial charge in [0.1, 0.15) is 0 Å². The Labute approximate surface area is 157 Å². The van der Waals surface area contributed by atoms with Crippen molar-refractivity contribution in [2.45, 2.75) is 0 Å². The minimum absolute atomic E-state index is 0.117. The fraction of sp³-hybridized carbons (Fsp3) is 0.0588. The Balaban J connectivity index is 1.72. The summed E-state index contributed by atoms with van der Waals surface area (Å²) in [5.41, 5.74) is 1.54. The summed E-state index contributed by atoms with van der Waals surface area (Å²) < 4.78 is 0.960. The van der Waals surface area contributed by atoms with E-state index >= 15 is 0 Å². The number of carbonyl (C=O) groups excluding carboxylic acids is 2. The molecule has 1 fully saturated rings. The smallest absolute Gasteiger partial charge is 0.295 e. The molecule has 0 aromatic heterocycles. The van der Waals surface area contributed by atoms with Gasteiger partial charge in [-0.1, -0.05) is 45.7 Å². The van der Waals surface area contributed by atoms with Crippen LogP contribution < -0.4 is 5.32 Å². The summed E-state index contributed by atoms with van der Waals surface area (Å²) in [6.07, 6.45) is 1.65. The molecule has 24 heavy (non-hydrogen) atoms. The van der Waals surface area contributed by atoms with Crippen LogP contribution in [0.4, 0.5) is 10.5 Å². The molecule has 4 nitrogen and oxygen atoms in total. The molecule has 0 radical (unpaired) electrons. The van der Waals surface area contributed by atoms with Crippen molar-refractivity contribution in [1.82, 2.24) is 4.90 Å². The van der Waals surface area contributed by atoms with Crippen molar-refractivity contribution in [2.24, 2.45) is 0 Å². The van der Waals surface area contributed by atoms with Crippen molar-refractivity contribution in [3.8, 4) is 0 Å². The third kappa shape index (κ3) is 3.83. The fourth-order valence-corrected chi connectivity index (χ4v) is 3.39. The number of nitrogens with zero attached hydrogens (tertiary/aromatic N) is 1. The monoisotopic (exact) mass is 422 g/mol. The Morgan fingerprint density at radius 3 is 2.54 bits per heavy atom. The molecule has 2 aromatic carbocycles. The maximum Gasteiger partial charge on any atom is 0.295 e. The van der Waals surface area contributed by atoms with E-state index in [0.717, 1.165) is 21.9 Å². The van der Waals surface area contributed by atoms with Crippen molar-refractivity contribution in [2.75, 3.05) is 12.0 Å². The quantitative estimate of drug-likeness (QED) is 0.686. The molecule has 1 aliphatic heterocycles. The molecule has 0 unspecified atom stereocenters. The third-order valence-corrected chi connectivity index (χ3v) is 5.13. The van der Waals surface area contributed by atoms with Crippen LogP contribution in [0.15, 0.2) is 57.9 Å². The molecule has 3 rings (SSSR count). The van der Waals surface area contributed by atoms with Crippen molar-refractivity contribution in [1.29, 1.82) is 0 Å². The van der Waals surface area contributed by atoms with E-state index in [4.69, 9.17) is 11.6 Å². The molecular weight excluding hydrogens is 412 g/mol. The fourth-order valence-electron chi connectivity index (χ4n) is 2.11. The van der Waals surface area contributed by atoms with Crippen LogP contribution >= 0.6 is 39.3 Å². The maximum atomic E-state index is 12.4. The molecule has 1 saturated heterocycles. The minimum atomic E-state index is -0.325. The second-order valence-corrected chi connectivity index (χ2v) is 7.29. The van der Waals surface area contributed by atoms with E-state index in [0.29, 0.717) is 15.5 Å². The van der Waals surface area contributed by atoms with Crippen molar-refractivity contribution in [3.63, 3.8) is 0 Å². The molecule has 2 aromatic rings. The molecule has 0 aliphatic carbocycles. The van der Waals surface area contributed by atoms with Crippen LogP contribution in [0.3, 0.4) is 0 Å². The number of rotatable bonds is 4. The van der Waals surface area contributed by atoms with Crippen LogP contribution in [0.2, 0.25) is 5.02 Å². The van der Waals surface area contributed by atoms with Gasteiger partial charge in [0.2, 0.25) is 0 Å². The molecular formula is C17H12BrClN2O2S. The number of nitrogens with one attached hydrogen (secondary N) is 1. The Morgan fingerprint density at radius 1 is 1.12 bits per heavy atom. The van der Waals surface area contributed by atoms with Crippen molar-refractivity contribution in [3.05, 3.63) is 68.5 Å². The zero-order valence-corrected chi connectivity index (χ0v) is 15.5. The lowest BCUT2D eigenvalue weighted by molar-refractivity contribution is -0.122. The van der Waals surface area contributed by atoms with Gasteiger partial charge in [0, 0.05) is 15.2 Å². The SMILES string of the molecule is O=C1S/C(=C/c2ccccc2Cl)C(=O)N1CNc1ccc(Br)cc1. The second-order valence-electron chi connectivity index (χ2n) is 4.97. The van der Waals surface area contributed by atoms with Crippen LogP contribution in [-0.4, -0.2) is 22.7 Å². The zero-order chi connectivity index (χ0) is 17.1. The van der Waals surface area contributed by atoms with Gasteiger partial charge in [-0.05, 0) is 53.7 Å². The predicted molar refractivity (Wildman–Crippen MR) is 102 cm³/mol. The van der Waals surface area contributed by atoms with Crippen molar-refractivity contribution >= 4 is 62.2 Å². The van der Waals surface area contributed by atoms with Crippen LogP contribution in [-0.2, 0) is 4.79 Å². The normalized spacial score (nSPS) is 16.1. The highest BCUT2D eigenvalue weighted by molar-refractivity contribution is 9.10. The van der Waals surface area contributed by atoms with E-state index in [2.05, 4.69) is 21.2 Å². The molecule has 122 valence electrons. The molecule has 0 atom stereocenters. The molecule has 0 saturated carbocycles. The first kappa shape index (κ1) is 17.1. The summed E-state index contributed by atoms with van der Waals surface area (Å²) in [5.74, 6) is -0.325. The van der Waals surface area contributed by atoms with Crippen LogP contribution in [0, 0.1) is 0 Å². The average Bonchev–Trinajstić information content (AvgIpc) is 2.83. The van der Waals surface area contributed by atoms with Crippen LogP contribution in [0.1, 0.15) is 5.56 Å². The second kappa shape index (κ2) is 7.42. The van der Waals surface area contributed by atoms with Gasteiger partial charge in [-0.2, -0.15) is 0 Å². The average molecular weight is 424 g/mol. The van der Waals surface area contributed by atoms with Gasteiger partial charge >= 0.3 is 0 Å². The lowest BCUT2D eigenvalue weighted by Crippen LogP contribution is -2.33. The molecule has 1 aliphatic rings. The first-order valence-corrected chi connectivity index (χ1v) is 9.02. The highest BCUT2D eigenvalue weighted by atomic mass is 79.9. The van der Waals surface area contributed by atoms with Gasteiger partial charge in [0.05, 0.1) is 11.6 Å². The Kier molecular flexibility index (Phi) is 5.28. The number of hydrogen-bond donors (Lipinski definition) is 1. The van der Waals surface area contributed by atoms with E-state index in [-0.39, 0.29) is 17.8 Å². The van der Waals surface area contributed by atoms with E-state index in [1.54, 1.807) is 18.2 Å². The van der Waals surface area contributed by atoms with Crippen LogP contribution in [0.5, 0.6) is 0 Å². The highest BCUT2D eigenvalue weighted by Crippen LogP contribution is 2.33. The molecule has 1 heterocycles. The predicted octanol–water partition coefficient (Wildman–Crippen LogP) is 5.21. The molecule has 7 heteroatoms. The molecule has 0 bridgehead atoms. The summed E-state index contributed by atoms with van der Waals surface area (Å²) in [7, 11) is 0. The Bertz CT molecular complexity index is 824. The number of amides is 2. The largest absolute Gasteiger partial charge is 0.367 e. The van der Waals surface area contributed by atoms with Gasteiger partial charge in [0.25, 0.3) is 11.1 Å². The summed E-state index contributed by atoms with van der Waals surface area (Å²) in [4.78, 5) is 26.1. The highest BCUT2D eigenvalue weighted by Gasteiger charge is 2.34. The zero-order valence-electron chi connectivity index (χ0n) is 12.3. The maximum absolute atomic E-state index is 12.4. The minimum Gasteiger partial charge on any atom is -0.367 e. The van der Waals surface area contributed by atoms with Gasteiger partial charge in [-0.15, -0.1) is 0 Å². The van der Waals surface area contributed by atoms with E-state index < -0.39 is 0 Å². The van der Waals surface area contributed by atoms with Gasteiger partial charge in [0.15, 0.2) is 0 Å². The molecule has 0 spiro atoms. The first-order chi connectivity index (χ1) is 11.5.